The molecule has 0 aliphatic carbocycles. The van der Waals surface area contributed by atoms with Gasteiger partial charge >= 0.3 is 5.97 Å². The van der Waals surface area contributed by atoms with Gasteiger partial charge in [0.15, 0.2) is 10.8 Å². The van der Waals surface area contributed by atoms with E-state index in [9.17, 15) is 4.79 Å². The van der Waals surface area contributed by atoms with E-state index in [0.717, 1.165) is 36.2 Å². The topological polar surface area (TPSA) is 45.7 Å². The highest BCUT2D eigenvalue weighted by Gasteiger charge is 2.24. The maximum Gasteiger partial charge on any atom is 0.358 e. The minimum atomic E-state index is -0.309. The standard InChI is InChI=1S/C15H25N3O2S/c1-5-11(3)17-7-9-18(10-8-17)15-16-13(12(4)21-15)14(19)20-6-2/h11H,5-10H2,1-4H3. The molecule has 2 heterocycles. The van der Waals surface area contributed by atoms with Crippen molar-refractivity contribution in [1.82, 2.24) is 9.88 Å². The predicted octanol–water partition coefficient (Wildman–Crippen LogP) is 2.55. The van der Waals surface area contributed by atoms with Gasteiger partial charge in [-0.2, -0.15) is 0 Å². The molecule has 6 heteroatoms. The first-order chi connectivity index (χ1) is 10.1. The van der Waals surface area contributed by atoms with Gasteiger partial charge in [-0.3, -0.25) is 4.90 Å². The Morgan fingerprint density at radius 2 is 2.00 bits per heavy atom. The van der Waals surface area contributed by atoms with E-state index in [-0.39, 0.29) is 5.97 Å². The van der Waals surface area contributed by atoms with Crippen molar-refractivity contribution in [3.8, 4) is 0 Å². The Hall–Kier alpha value is -1.14. The average molecular weight is 311 g/mol. The molecule has 2 rings (SSSR count). The second-order valence-electron chi connectivity index (χ2n) is 5.40. The Kier molecular flexibility index (Phi) is 5.58. The summed E-state index contributed by atoms with van der Waals surface area (Å²) in [4.78, 5) is 22.1. The van der Waals surface area contributed by atoms with Crippen LogP contribution in [0, 0.1) is 6.92 Å². The zero-order chi connectivity index (χ0) is 15.4. The summed E-state index contributed by atoms with van der Waals surface area (Å²) in [5.41, 5.74) is 0.473. The molecule has 0 aromatic carbocycles. The second kappa shape index (κ2) is 7.22. The van der Waals surface area contributed by atoms with Crippen molar-refractivity contribution in [3.63, 3.8) is 0 Å². The third kappa shape index (κ3) is 3.74. The molecule has 118 valence electrons. The van der Waals surface area contributed by atoms with Gasteiger partial charge in [-0.05, 0) is 27.2 Å². The number of carbonyl (C=O) groups excluding carboxylic acids is 1. The van der Waals surface area contributed by atoms with E-state index in [2.05, 4.69) is 28.6 Å². The third-order valence-electron chi connectivity index (χ3n) is 4.05. The van der Waals surface area contributed by atoms with Crippen LogP contribution in [0.25, 0.3) is 0 Å². The highest BCUT2D eigenvalue weighted by molar-refractivity contribution is 7.15. The number of aryl methyl sites for hydroxylation is 1. The zero-order valence-electron chi connectivity index (χ0n) is 13.4. The van der Waals surface area contributed by atoms with Crippen LogP contribution in [0.3, 0.4) is 0 Å². The largest absolute Gasteiger partial charge is 0.461 e. The van der Waals surface area contributed by atoms with Gasteiger partial charge in [-0.15, -0.1) is 11.3 Å². The summed E-state index contributed by atoms with van der Waals surface area (Å²) in [5.74, 6) is -0.309. The lowest BCUT2D eigenvalue weighted by atomic mass is 10.2. The summed E-state index contributed by atoms with van der Waals surface area (Å²) in [7, 11) is 0. The van der Waals surface area contributed by atoms with Gasteiger partial charge in [0.1, 0.15) is 0 Å². The lowest BCUT2D eigenvalue weighted by Gasteiger charge is -2.37. The van der Waals surface area contributed by atoms with Crippen LogP contribution in [-0.4, -0.2) is 54.7 Å². The van der Waals surface area contributed by atoms with Crippen LogP contribution >= 0.6 is 11.3 Å². The number of nitrogens with zero attached hydrogens (tertiary/aromatic N) is 3. The Bertz CT molecular complexity index is 481. The first-order valence-corrected chi connectivity index (χ1v) is 8.52. The van der Waals surface area contributed by atoms with Crippen LogP contribution in [0.15, 0.2) is 0 Å². The smallest absolute Gasteiger partial charge is 0.358 e. The van der Waals surface area contributed by atoms with E-state index in [1.165, 1.54) is 6.42 Å². The molecule has 1 fully saturated rings. The van der Waals surface area contributed by atoms with Crippen molar-refractivity contribution in [1.29, 1.82) is 0 Å². The van der Waals surface area contributed by atoms with E-state index in [0.29, 0.717) is 18.3 Å². The molecular formula is C15H25N3O2S. The normalized spacial score (nSPS) is 17.8. The van der Waals surface area contributed by atoms with E-state index < -0.39 is 0 Å². The molecule has 0 N–H and O–H groups in total. The van der Waals surface area contributed by atoms with Gasteiger partial charge in [-0.25, -0.2) is 9.78 Å². The summed E-state index contributed by atoms with van der Waals surface area (Å²) in [5, 5.41) is 0.944. The number of piperazine rings is 1. The summed E-state index contributed by atoms with van der Waals surface area (Å²) < 4.78 is 5.05. The van der Waals surface area contributed by atoms with Crippen molar-refractivity contribution in [3.05, 3.63) is 10.6 Å². The predicted molar refractivity (Wildman–Crippen MR) is 86.3 cm³/mol. The van der Waals surface area contributed by atoms with Crippen molar-refractivity contribution in [2.24, 2.45) is 0 Å². The van der Waals surface area contributed by atoms with Gasteiger partial charge in [0.05, 0.1) is 6.61 Å². The molecule has 1 atom stereocenters. The Labute approximate surface area is 130 Å². The maximum absolute atomic E-state index is 11.8. The number of aromatic nitrogens is 1. The molecule has 5 nitrogen and oxygen atoms in total. The second-order valence-corrected chi connectivity index (χ2v) is 6.58. The lowest BCUT2D eigenvalue weighted by molar-refractivity contribution is 0.0519. The van der Waals surface area contributed by atoms with Crippen LogP contribution in [0.5, 0.6) is 0 Å². The van der Waals surface area contributed by atoms with E-state index >= 15 is 0 Å². The number of esters is 1. The SMILES string of the molecule is CCOC(=O)c1nc(N2CCN(C(C)CC)CC2)sc1C. The Morgan fingerprint density at radius 3 is 2.57 bits per heavy atom. The first kappa shape index (κ1) is 16.2. The van der Waals surface area contributed by atoms with Crippen LogP contribution in [0.1, 0.15) is 42.6 Å². The van der Waals surface area contributed by atoms with Gasteiger partial charge in [0.2, 0.25) is 0 Å². The van der Waals surface area contributed by atoms with E-state index in [1.54, 1.807) is 11.3 Å². The summed E-state index contributed by atoms with van der Waals surface area (Å²) in [6.07, 6.45) is 1.18. The van der Waals surface area contributed by atoms with Gasteiger partial charge in [0, 0.05) is 37.1 Å². The Balaban J connectivity index is 2.01. The quantitative estimate of drug-likeness (QED) is 0.782. The fraction of sp³-hybridized carbons (Fsp3) is 0.733. The summed E-state index contributed by atoms with van der Waals surface area (Å²) in [6, 6.07) is 0.639. The maximum atomic E-state index is 11.8. The molecule has 21 heavy (non-hydrogen) atoms. The van der Waals surface area contributed by atoms with Crippen LogP contribution in [0.4, 0.5) is 5.13 Å². The molecule has 1 aliphatic heterocycles. The molecule has 0 radical (unpaired) electrons. The Morgan fingerprint density at radius 1 is 1.33 bits per heavy atom. The number of rotatable bonds is 5. The van der Waals surface area contributed by atoms with Gasteiger partial charge < -0.3 is 9.64 Å². The minimum absolute atomic E-state index is 0.309. The molecule has 0 saturated carbocycles. The van der Waals surface area contributed by atoms with Crippen molar-refractivity contribution >= 4 is 22.4 Å². The molecule has 0 spiro atoms. The zero-order valence-corrected chi connectivity index (χ0v) is 14.2. The summed E-state index contributed by atoms with van der Waals surface area (Å²) in [6.45, 7) is 12.7. The average Bonchev–Trinajstić information content (AvgIpc) is 2.89. The number of anilines is 1. The molecule has 1 aromatic heterocycles. The van der Waals surface area contributed by atoms with Crippen molar-refractivity contribution in [2.75, 3.05) is 37.7 Å². The molecule has 1 unspecified atom stereocenters. The summed E-state index contributed by atoms with van der Waals surface area (Å²) >= 11 is 1.59. The fourth-order valence-electron chi connectivity index (χ4n) is 2.52. The van der Waals surface area contributed by atoms with Gasteiger partial charge in [0.25, 0.3) is 0 Å². The lowest BCUT2D eigenvalue weighted by Crippen LogP contribution is -2.49. The third-order valence-corrected chi connectivity index (χ3v) is 5.08. The molecule has 1 aromatic rings. The monoisotopic (exact) mass is 311 g/mol. The molecule has 0 amide bonds. The minimum Gasteiger partial charge on any atom is -0.461 e. The van der Waals surface area contributed by atoms with E-state index in [1.807, 2.05) is 13.8 Å². The molecule has 1 saturated heterocycles. The van der Waals surface area contributed by atoms with Crippen LogP contribution < -0.4 is 4.90 Å². The number of hydrogen-bond donors (Lipinski definition) is 0. The van der Waals surface area contributed by atoms with Crippen LogP contribution in [-0.2, 0) is 4.74 Å². The highest BCUT2D eigenvalue weighted by atomic mass is 32.1. The number of thiazole rings is 1. The molecular weight excluding hydrogens is 286 g/mol. The molecule has 1 aliphatic rings. The first-order valence-electron chi connectivity index (χ1n) is 7.70. The molecule has 0 bridgehead atoms. The number of hydrogen-bond acceptors (Lipinski definition) is 6. The number of ether oxygens (including phenoxy) is 1. The van der Waals surface area contributed by atoms with Crippen molar-refractivity contribution < 1.29 is 9.53 Å². The van der Waals surface area contributed by atoms with Crippen LogP contribution in [0.2, 0.25) is 0 Å². The fourth-order valence-corrected chi connectivity index (χ4v) is 3.47. The van der Waals surface area contributed by atoms with Gasteiger partial charge in [-0.1, -0.05) is 6.92 Å². The van der Waals surface area contributed by atoms with E-state index in [4.69, 9.17) is 4.74 Å². The number of carbonyl (C=O) groups is 1. The van der Waals surface area contributed by atoms with Crippen molar-refractivity contribution in [2.45, 2.75) is 40.2 Å². The highest BCUT2D eigenvalue weighted by Crippen LogP contribution is 2.27.